The van der Waals surface area contributed by atoms with Crippen molar-refractivity contribution in [3.05, 3.63) is 52.3 Å². The smallest absolute Gasteiger partial charge is 0.0662 e. The summed E-state index contributed by atoms with van der Waals surface area (Å²) in [5.41, 5.74) is 3.98. The second-order valence-electron chi connectivity index (χ2n) is 5.14. The minimum Gasteiger partial charge on any atom is -0.316 e. The van der Waals surface area contributed by atoms with E-state index in [1.807, 2.05) is 25.4 Å². The normalized spacial score (nSPS) is 14.8. The maximum absolute atomic E-state index is 5.92. The quantitative estimate of drug-likeness (QED) is 0.908. The van der Waals surface area contributed by atoms with Gasteiger partial charge in [-0.3, -0.25) is 4.68 Å². The topological polar surface area (TPSA) is 29.9 Å². The molecule has 0 bridgehead atoms. The van der Waals surface area contributed by atoms with Crippen molar-refractivity contribution in [1.82, 2.24) is 15.1 Å². The van der Waals surface area contributed by atoms with Crippen molar-refractivity contribution in [2.45, 2.75) is 31.8 Å². The van der Waals surface area contributed by atoms with Gasteiger partial charge in [0.2, 0.25) is 0 Å². The molecule has 0 saturated heterocycles. The lowest BCUT2D eigenvalue weighted by Gasteiger charge is -2.09. The van der Waals surface area contributed by atoms with E-state index >= 15 is 0 Å². The molecule has 0 amide bonds. The van der Waals surface area contributed by atoms with Gasteiger partial charge in [0.05, 0.1) is 12.7 Å². The van der Waals surface area contributed by atoms with Crippen molar-refractivity contribution >= 4 is 11.6 Å². The summed E-state index contributed by atoms with van der Waals surface area (Å²) in [6, 6.07) is 8.01. The molecule has 1 saturated carbocycles. The number of nitrogens with zero attached hydrogens (tertiary/aromatic N) is 2. The lowest BCUT2D eigenvalue weighted by Crippen LogP contribution is -2.10. The maximum Gasteiger partial charge on any atom is 0.0662 e. The molecule has 1 aliphatic carbocycles. The summed E-state index contributed by atoms with van der Waals surface area (Å²) in [5.74, 6) is 0.707. The van der Waals surface area contributed by atoms with E-state index in [0.29, 0.717) is 5.92 Å². The largest absolute Gasteiger partial charge is 0.316 e. The maximum atomic E-state index is 5.92. The van der Waals surface area contributed by atoms with E-state index in [9.17, 15) is 0 Å². The highest BCUT2D eigenvalue weighted by atomic mass is 35.5. The SMILES string of the molecule is CNCc1cnn(Cc2ccc(Cl)cc2)c1C1CC1. The van der Waals surface area contributed by atoms with Crippen LogP contribution in [0.25, 0.3) is 0 Å². The Balaban J connectivity index is 1.85. The van der Waals surface area contributed by atoms with Crippen LogP contribution < -0.4 is 5.32 Å². The first kappa shape index (κ1) is 12.7. The molecular formula is C15H18ClN3. The Morgan fingerprint density at radius 3 is 2.68 bits per heavy atom. The van der Waals surface area contributed by atoms with Crippen molar-refractivity contribution in [3.63, 3.8) is 0 Å². The predicted octanol–water partition coefficient (Wildman–Crippen LogP) is 3.18. The van der Waals surface area contributed by atoms with Crippen LogP contribution in [0.2, 0.25) is 5.02 Å². The second kappa shape index (κ2) is 5.35. The molecule has 4 heteroatoms. The first-order valence-corrected chi connectivity index (χ1v) is 7.09. The molecule has 1 aliphatic rings. The summed E-state index contributed by atoms with van der Waals surface area (Å²) in [4.78, 5) is 0. The summed E-state index contributed by atoms with van der Waals surface area (Å²) in [5, 5.41) is 8.56. The average molecular weight is 276 g/mol. The van der Waals surface area contributed by atoms with Crippen LogP contribution in [0.3, 0.4) is 0 Å². The number of hydrogen-bond acceptors (Lipinski definition) is 2. The Morgan fingerprint density at radius 2 is 2.05 bits per heavy atom. The summed E-state index contributed by atoms with van der Waals surface area (Å²) in [6.45, 7) is 1.72. The Labute approximate surface area is 118 Å². The third-order valence-corrected chi connectivity index (χ3v) is 3.79. The Hall–Kier alpha value is -1.32. The Bertz CT molecular complexity index is 555. The van der Waals surface area contributed by atoms with Crippen molar-refractivity contribution in [3.8, 4) is 0 Å². The zero-order chi connectivity index (χ0) is 13.2. The summed E-state index contributed by atoms with van der Waals surface area (Å²) >= 11 is 5.92. The number of hydrogen-bond donors (Lipinski definition) is 1. The van der Waals surface area contributed by atoms with Gasteiger partial charge in [-0.05, 0) is 37.6 Å². The zero-order valence-electron chi connectivity index (χ0n) is 11.1. The molecule has 1 aromatic carbocycles. The number of nitrogens with one attached hydrogen (secondary N) is 1. The standard InChI is InChI=1S/C15H18ClN3/c1-17-8-13-9-18-19(15(13)12-4-5-12)10-11-2-6-14(16)7-3-11/h2-3,6-7,9,12,17H,4-5,8,10H2,1H3. The van der Waals surface area contributed by atoms with Gasteiger partial charge in [-0.25, -0.2) is 0 Å². The molecule has 0 unspecified atom stereocenters. The van der Waals surface area contributed by atoms with E-state index in [1.165, 1.54) is 29.7 Å². The highest BCUT2D eigenvalue weighted by Crippen LogP contribution is 2.41. The summed E-state index contributed by atoms with van der Waals surface area (Å²) in [7, 11) is 1.98. The number of rotatable bonds is 5. The molecule has 0 radical (unpaired) electrons. The number of aromatic nitrogens is 2. The Morgan fingerprint density at radius 1 is 1.32 bits per heavy atom. The van der Waals surface area contributed by atoms with Crippen molar-refractivity contribution in [1.29, 1.82) is 0 Å². The molecule has 1 N–H and O–H groups in total. The first-order chi connectivity index (χ1) is 9.28. The average Bonchev–Trinajstić information content (AvgIpc) is 3.17. The van der Waals surface area contributed by atoms with Crippen LogP contribution in [-0.4, -0.2) is 16.8 Å². The van der Waals surface area contributed by atoms with Gasteiger partial charge in [0.25, 0.3) is 0 Å². The lowest BCUT2D eigenvalue weighted by molar-refractivity contribution is 0.642. The highest BCUT2D eigenvalue weighted by molar-refractivity contribution is 6.30. The molecule has 0 aliphatic heterocycles. The fraction of sp³-hybridized carbons (Fsp3) is 0.400. The zero-order valence-corrected chi connectivity index (χ0v) is 11.8. The lowest BCUT2D eigenvalue weighted by atomic mass is 10.1. The van der Waals surface area contributed by atoms with Crippen molar-refractivity contribution in [2.75, 3.05) is 7.05 Å². The van der Waals surface area contributed by atoms with Gasteiger partial charge in [0, 0.05) is 28.7 Å². The molecule has 0 spiro atoms. The number of benzene rings is 1. The highest BCUT2D eigenvalue weighted by Gasteiger charge is 2.29. The molecule has 1 aromatic heterocycles. The van der Waals surface area contributed by atoms with Gasteiger partial charge in [0.1, 0.15) is 0 Å². The minimum absolute atomic E-state index is 0.707. The summed E-state index contributed by atoms with van der Waals surface area (Å²) in [6.07, 6.45) is 4.59. The Kier molecular flexibility index (Phi) is 3.58. The third-order valence-electron chi connectivity index (χ3n) is 3.54. The van der Waals surface area contributed by atoms with Gasteiger partial charge in [-0.2, -0.15) is 5.10 Å². The van der Waals surface area contributed by atoms with Crippen LogP contribution in [0.15, 0.2) is 30.5 Å². The number of halogens is 1. The first-order valence-electron chi connectivity index (χ1n) is 6.71. The van der Waals surface area contributed by atoms with Crippen LogP contribution in [-0.2, 0) is 13.1 Å². The van der Waals surface area contributed by atoms with Crippen LogP contribution in [0.5, 0.6) is 0 Å². The van der Waals surface area contributed by atoms with Crippen molar-refractivity contribution in [2.24, 2.45) is 0 Å². The molecule has 1 heterocycles. The molecule has 2 aromatic rings. The molecule has 100 valence electrons. The molecule has 1 fully saturated rings. The predicted molar refractivity (Wildman–Crippen MR) is 77.5 cm³/mol. The van der Waals surface area contributed by atoms with E-state index in [-0.39, 0.29) is 0 Å². The molecular weight excluding hydrogens is 258 g/mol. The van der Waals surface area contributed by atoms with Gasteiger partial charge >= 0.3 is 0 Å². The van der Waals surface area contributed by atoms with E-state index < -0.39 is 0 Å². The van der Waals surface area contributed by atoms with Gasteiger partial charge in [-0.15, -0.1) is 0 Å². The van der Waals surface area contributed by atoms with Crippen LogP contribution in [0.4, 0.5) is 0 Å². The van der Waals surface area contributed by atoms with Gasteiger partial charge < -0.3 is 5.32 Å². The van der Waals surface area contributed by atoms with Crippen LogP contribution >= 0.6 is 11.6 Å². The van der Waals surface area contributed by atoms with Crippen LogP contribution in [0.1, 0.15) is 35.6 Å². The van der Waals surface area contributed by atoms with E-state index in [0.717, 1.165) is 18.1 Å². The monoisotopic (exact) mass is 275 g/mol. The third kappa shape index (κ3) is 2.82. The van der Waals surface area contributed by atoms with Gasteiger partial charge in [0.15, 0.2) is 0 Å². The molecule has 3 nitrogen and oxygen atoms in total. The van der Waals surface area contributed by atoms with E-state index in [1.54, 1.807) is 0 Å². The molecule has 0 atom stereocenters. The molecule has 3 rings (SSSR count). The van der Waals surface area contributed by atoms with E-state index in [4.69, 9.17) is 11.6 Å². The fourth-order valence-corrected chi connectivity index (χ4v) is 2.60. The summed E-state index contributed by atoms with van der Waals surface area (Å²) < 4.78 is 2.15. The van der Waals surface area contributed by atoms with Crippen LogP contribution in [0, 0.1) is 0 Å². The van der Waals surface area contributed by atoms with E-state index in [2.05, 4.69) is 27.2 Å². The minimum atomic E-state index is 0.707. The molecule has 19 heavy (non-hydrogen) atoms. The second-order valence-corrected chi connectivity index (χ2v) is 5.58. The fourth-order valence-electron chi connectivity index (χ4n) is 2.48. The van der Waals surface area contributed by atoms with Gasteiger partial charge in [-0.1, -0.05) is 23.7 Å². The van der Waals surface area contributed by atoms with Crippen molar-refractivity contribution < 1.29 is 0 Å².